The van der Waals surface area contributed by atoms with Crippen LogP contribution in [0.2, 0.25) is 0 Å². The molecule has 0 bridgehead atoms. The number of carbonyl (C=O) groups excluding carboxylic acids is 1. The highest BCUT2D eigenvalue weighted by Gasteiger charge is 2.38. The van der Waals surface area contributed by atoms with Gasteiger partial charge in [-0.05, 0) is 0 Å². The van der Waals surface area contributed by atoms with Gasteiger partial charge in [0.2, 0.25) is 5.78 Å². The van der Waals surface area contributed by atoms with E-state index in [1.165, 1.54) is 7.11 Å². The molecule has 0 rings (SSSR count). The lowest BCUT2D eigenvalue weighted by molar-refractivity contribution is -0.153. The predicted molar refractivity (Wildman–Crippen MR) is 47.6 cm³/mol. The van der Waals surface area contributed by atoms with Crippen molar-refractivity contribution < 1.29 is 27.9 Å². The van der Waals surface area contributed by atoms with Gasteiger partial charge in [0.1, 0.15) is 0 Å². The molecule has 1 atom stereocenters. The molecule has 1 unspecified atom stereocenters. The number of esters is 1. The molecule has 0 aliphatic rings. The first-order valence-corrected chi connectivity index (χ1v) is 5.25. The summed E-state index contributed by atoms with van der Waals surface area (Å²) >= 11 is 0. The molecule has 0 aromatic heterocycles. The van der Waals surface area contributed by atoms with Gasteiger partial charge in [0.25, 0.3) is 0 Å². The maximum atomic E-state index is 11.5. The molecule has 0 aliphatic heterocycles. The number of carbonyl (C=O) groups is 1. The lowest BCUT2D eigenvalue weighted by Crippen LogP contribution is -2.33. The molecule has 0 amide bonds. The second kappa shape index (κ2) is 6.10. The fourth-order valence-electron chi connectivity index (χ4n) is 0.633. The monoisotopic (exact) mass is 227 g/mol. The third-order valence-corrected chi connectivity index (χ3v) is 3.32. The van der Waals surface area contributed by atoms with Crippen LogP contribution in [0.1, 0.15) is 0 Å². The zero-order valence-electron chi connectivity index (χ0n) is 8.26. The molecule has 0 saturated carbocycles. The summed E-state index contributed by atoms with van der Waals surface area (Å²) < 4.78 is 29.5. The van der Waals surface area contributed by atoms with Crippen LogP contribution in [0.3, 0.4) is 0 Å². The summed E-state index contributed by atoms with van der Waals surface area (Å²) in [5.74, 6) is -2.37. The van der Waals surface area contributed by atoms with Crippen molar-refractivity contribution in [3.8, 4) is 0 Å². The summed E-state index contributed by atoms with van der Waals surface area (Å²) in [5.41, 5.74) is 5.31. The van der Waals surface area contributed by atoms with Crippen molar-refractivity contribution in [2.24, 2.45) is 5.73 Å². The van der Waals surface area contributed by atoms with Crippen molar-refractivity contribution in [3.05, 3.63) is 0 Å². The minimum atomic E-state index is -3.62. The van der Waals surface area contributed by atoms with Gasteiger partial charge in [0, 0.05) is 21.3 Å². The van der Waals surface area contributed by atoms with E-state index in [1.54, 1.807) is 0 Å². The van der Waals surface area contributed by atoms with Crippen LogP contribution < -0.4 is 5.73 Å². The van der Waals surface area contributed by atoms with Crippen molar-refractivity contribution >= 4 is 13.6 Å². The zero-order valence-corrected chi connectivity index (χ0v) is 9.15. The number of hydrogen-bond donors (Lipinski definition) is 1. The van der Waals surface area contributed by atoms with Gasteiger partial charge in [0.15, 0.2) is 6.79 Å². The highest BCUT2D eigenvalue weighted by Crippen LogP contribution is 2.49. The Morgan fingerprint density at radius 2 is 1.86 bits per heavy atom. The highest BCUT2D eigenvalue weighted by molar-refractivity contribution is 7.55. The topological polar surface area (TPSA) is 97.1 Å². The fraction of sp³-hybridized carbons (Fsp3) is 0.833. The Morgan fingerprint density at radius 1 is 1.36 bits per heavy atom. The maximum absolute atomic E-state index is 11.5. The van der Waals surface area contributed by atoms with Crippen molar-refractivity contribution in [1.29, 1.82) is 0 Å². The Morgan fingerprint density at radius 3 is 2.21 bits per heavy atom. The summed E-state index contributed by atoms with van der Waals surface area (Å²) in [6, 6.07) is 0. The molecule has 0 aliphatic carbocycles. The molecular weight excluding hydrogens is 213 g/mol. The quantitative estimate of drug-likeness (QED) is 0.384. The van der Waals surface area contributed by atoms with E-state index in [-0.39, 0.29) is 6.79 Å². The predicted octanol–water partition coefficient (Wildman–Crippen LogP) is -0.0958. The first-order chi connectivity index (χ1) is 6.51. The minimum Gasteiger partial charge on any atom is -0.437 e. The van der Waals surface area contributed by atoms with Crippen molar-refractivity contribution in [1.82, 2.24) is 0 Å². The molecule has 8 heteroatoms. The van der Waals surface area contributed by atoms with Crippen LogP contribution in [-0.4, -0.2) is 39.9 Å². The minimum absolute atomic E-state index is 0.264. The largest absolute Gasteiger partial charge is 0.437 e. The van der Waals surface area contributed by atoms with Crippen molar-refractivity contribution in [2.45, 2.75) is 5.78 Å². The lowest BCUT2D eigenvalue weighted by Gasteiger charge is -2.18. The van der Waals surface area contributed by atoms with Crippen LogP contribution >= 0.6 is 7.60 Å². The Kier molecular flexibility index (Phi) is 5.90. The molecule has 7 nitrogen and oxygen atoms in total. The van der Waals surface area contributed by atoms with Gasteiger partial charge >= 0.3 is 13.6 Å². The molecule has 0 aromatic rings. The number of ether oxygens (including phenoxy) is 2. The van der Waals surface area contributed by atoms with Crippen molar-refractivity contribution in [3.63, 3.8) is 0 Å². The van der Waals surface area contributed by atoms with E-state index < -0.39 is 19.3 Å². The number of hydrogen-bond acceptors (Lipinski definition) is 7. The Bertz CT molecular complexity index is 224. The van der Waals surface area contributed by atoms with E-state index in [0.29, 0.717) is 0 Å². The van der Waals surface area contributed by atoms with E-state index >= 15 is 0 Å². The summed E-state index contributed by atoms with van der Waals surface area (Å²) in [5, 5.41) is 0. The van der Waals surface area contributed by atoms with E-state index in [2.05, 4.69) is 18.5 Å². The summed E-state index contributed by atoms with van der Waals surface area (Å²) in [7, 11) is -0.0171. The van der Waals surface area contributed by atoms with Crippen molar-refractivity contribution in [2.75, 3.05) is 28.1 Å². The second-order valence-corrected chi connectivity index (χ2v) is 4.59. The van der Waals surface area contributed by atoms with E-state index in [0.717, 1.165) is 14.2 Å². The van der Waals surface area contributed by atoms with E-state index in [1.807, 2.05) is 0 Å². The van der Waals surface area contributed by atoms with Crippen LogP contribution in [0.15, 0.2) is 0 Å². The molecule has 0 saturated heterocycles. The summed E-state index contributed by atoms with van der Waals surface area (Å²) in [6.45, 7) is -0.264. The van der Waals surface area contributed by atoms with Gasteiger partial charge in [0.05, 0.1) is 0 Å². The van der Waals surface area contributed by atoms with Crippen LogP contribution in [0.25, 0.3) is 0 Å². The van der Waals surface area contributed by atoms with Gasteiger partial charge < -0.3 is 24.3 Å². The Labute approximate surface area is 82.0 Å². The smallest absolute Gasteiger partial charge is 0.358 e. The highest BCUT2D eigenvalue weighted by atomic mass is 31.2. The van der Waals surface area contributed by atoms with Crippen LogP contribution in [0, 0.1) is 0 Å². The Hall–Kier alpha value is -0.460. The maximum Gasteiger partial charge on any atom is 0.358 e. The van der Waals surface area contributed by atoms with Crippen LogP contribution in [0.4, 0.5) is 0 Å². The average molecular weight is 227 g/mol. The third kappa shape index (κ3) is 3.36. The standard InChI is InChI=1S/C6H14NO6P/c1-10-4-13-6(8)5(7)14(9,11-2)12-3/h5H,4,7H2,1-3H3. The number of nitrogens with two attached hydrogens (primary N) is 1. The van der Waals surface area contributed by atoms with Gasteiger partial charge in [-0.3, -0.25) is 4.57 Å². The fourth-order valence-corrected chi connectivity index (χ4v) is 1.57. The van der Waals surface area contributed by atoms with Gasteiger partial charge in [-0.25, -0.2) is 4.79 Å². The van der Waals surface area contributed by atoms with E-state index in [4.69, 9.17) is 5.73 Å². The Balaban J connectivity index is 4.36. The molecule has 0 fully saturated rings. The molecule has 14 heavy (non-hydrogen) atoms. The first-order valence-electron chi connectivity index (χ1n) is 3.64. The summed E-state index contributed by atoms with van der Waals surface area (Å²) in [6.07, 6.45) is 0. The molecule has 0 aromatic carbocycles. The molecule has 0 radical (unpaired) electrons. The molecule has 84 valence electrons. The zero-order chi connectivity index (χ0) is 11.2. The van der Waals surface area contributed by atoms with Crippen LogP contribution in [-0.2, 0) is 27.9 Å². The van der Waals surface area contributed by atoms with Crippen LogP contribution in [0.5, 0.6) is 0 Å². The number of methoxy groups -OCH3 is 1. The molecule has 0 heterocycles. The van der Waals surface area contributed by atoms with Gasteiger partial charge in [-0.15, -0.1) is 0 Å². The van der Waals surface area contributed by atoms with Gasteiger partial charge in [-0.2, -0.15) is 0 Å². The first kappa shape index (κ1) is 13.5. The van der Waals surface area contributed by atoms with E-state index in [9.17, 15) is 9.36 Å². The molecule has 0 spiro atoms. The number of rotatable bonds is 6. The average Bonchev–Trinajstić information content (AvgIpc) is 2.23. The second-order valence-electron chi connectivity index (χ2n) is 2.22. The normalized spacial score (nSPS) is 13.7. The lowest BCUT2D eigenvalue weighted by atomic mass is 10.7. The molecular formula is C6H14NO6P. The SMILES string of the molecule is COCOC(=O)C(N)P(=O)(OC)OC. The van der Waals surface area contributed by atoms with Gasteiger partial charge in [-0.1, -0.05) is 0 Å². The molecule has 2 N–H and O–H groups in total. The summed E-state index contributed by atoms with van der Waals surface area (Å²) in [4.78, 5) is 11.1. The third-order valence-electron chi connectivity index (χ3n) is 1.41.